The first-order chi connectivity index (χ1) is 10.0. The van der Waals surface area contributed by atoms with Gasteiger partial charge in [-0.25, -0.2) is 17.5 Å². The van der Waals surface area contributed by atoms with Crippen molar-refractivity contribution < 1.29 is 17.9 Å². The summed E-state index contributed by atoms with van der Waals surface area (Å²) in [6.45, 7) is -0.123. The molecule has 0 aliphatic carbocycles. The lowest BCUT2D eigenvalue weighted by Crippen LogP contribution is -2.35. The van der Waals surface area contributed by atoms with Gasteiger partial charge in [0.25, 0.3) is 0 Å². The zero-order chi connectivity index (χ0) is 15.3. The van der Waals surface area contributed by atoms with Crippen LogP contribution in [0.25, 0.3) is 0 Å². The second kappa shape index (κ2) is 7.27. The molecule has 0 spiro atoms. The van der Waals surface area contributed by atoms with Crippen molar-refractivity contribution in [2.75, 3.05) is 18.1 Å². The van der Waals surface area contributed by atoms with Gasteiger partial charge in [-0.15, -0.1) is 0 Å². The maximum Gasteiger partial charge on any atom is 0.242 e. The first kappa shape index (κ1) is 16.3. The van der Waals surface area contributed by atoms with Crippen LogP contribution < -0.4 is 4.72 Å². The summed E-state index contributed by atoms with van der Waals surface area (Å²) in [6, 6.07) is 3.34. The van der Waals surface area contributed by atoms with Gasteiger partial charge in [0, 0.05) is 23.8 Å². The monoisotopic (exact) mass is 329 g/mol. The van der Waals surface area contributed by atoms with E-state index in [1.807, 2.05) is 0 Å². The minimum Gasteiger partial charge on any atom is -0.395 e. The van der Waals surface area contributed by atoms with E-state index < -0.39 is 15.8 Å². The number of halogens is 1. The highest BCUT2D eigenvalue weighted by molar-refractivity contribution is 7.99. The Kier molecular flexibility index (Phi) is 5.65. The SMILES string of the molecule is O=S(=O)(NC1CCSC1)c1ccc(F)cc1C#CCCO. The maximum atomic E-state index is 13.3. The molecular formula is C14H16FNO3S2. The van der Waals surface area contributed by atoms with E-state index in [9.17, 15) is 12.8 Å². The number of nitrogens with one attached hydrogen (secondary N) is 1. The Bertz CT molecular complexity index is 659. The van der Waals surface area contributed by atoms with E-state index in [-0.39, 0.29) is 29.5 Å². The van der Waals surface area contributed by atoms with Crippen LogP contribution in [-0.4, -0.2) is 37.7 Å². The first-order valence-corrected chi connectivity index (χ1v) is 9.16. The van der Waals surface area contributed by atoms with Gasteiger partial charge in [0.05, 0.1) is 11.5 Å². The van der Waals surface area contributed by atoms with Crippen LogP contribution in [0.1, 0.15) is 18.4 Å². The van der Waals surface area contributed by atoms with Gasteiger partial charge in [0.2, 0.25) is 10.0 Å². The van der Waals surface area contributed by atoms with E-state index in [0.29, 0.717) is 0 Å². The van der Waals surface area contributed by atoms with Crippen molar-refractivity contribution in [2.45, 2.75) is 23.8 Å². The average molecular weight is 329 g/mol. The van der Waals surface area contributed by atoms with E-state index in [4.69, 9.17) is 5.11 Å². The van der Waals surface area contributed by atoms with Crippen molar-refractivity contribution in [3.63, 3.8) is 0 Å². The minimum atomic E-state index is -3.72. The second-order valence-electron chi connectivity index (χ2n) is 4.60. The molecule has 21 heavy (non-hydrogen) atoms. The molecule has 1 unspecified atom stereocenters. The Morgan fingerprint density at radius 3 is 2.95 bits per heavy atom. The van der Waals surface area contributed by atoms with Crippen LogP contribution >= 0.6 is 11.8 Å². The Morgan fingerprint density at radius 1 is 1.48 bits per heavy atom. The Balaban J connectivity index is 2.31. The molecule has 0 amide bonds. The highest BCUT2D eigenvalue weighted by Gasteiger charge is 2.25. The number of benzene rings is 1. The van der Waals surface area contributed by atoms with Gasteiger partial charge in [0.15, 0.2) is 0 Å². The summed E-state index contributed by atoms with van der Waals surface area (Å²) < 4.78 is 40.7. The van der Waals surface area contributed by atoms with Crippen molar-refractivity contribution in [3.05, 3.63) is 29.6 Å². The molecule has 2 N–H and O–H groups in total. The van der Waals surface area contributed by atoms with Crippen LogP contribution in [0.4, 0.5) is 4.39 Å². The molecule has 114 valence electrons. The lowest BCUT2D eigenvalue weighted by Gasteiger charge is -2.13. The van der Waals surface area contributed by atoms with E-state index in [1.54, 1.807) is 11.8 Å². The van der Waals surface area contributed by atoms with Gasteiger partial charge in [-0.2, -0.15) is 11.8 Å². The van der Waals surface area contributed by atoms with Crippen LogP contribution in [0.5, 0.6) is 0 Å². The average Bonchev–Trinajstić information content (AvgIpc) is 2.91. The van der Waals surface area contributed by atoms with Gasteiger partial charge >= 0.3 is 0 Å². The fourth-order valence-electron chi connectivity index (χ4n) is 1.96. The minimum absolute atomic E-state index is 0.0220. The second-order valence-corrected chi connectivity index (χ2v) is 7.43. The number of aliphatic hydroxyl groups excluding tert-OH is 1. The van der Waals surface area contributed by atoms with Crippen molar-refractivity contribution in [2.24, 2.45) is 0 Å². The number of hydrogen-bond donors (Lipinski definition) is 2. The Labute approximate surface area is 128 Å². The molecule has 1 aliphatic rings. The molecule has 1 aliphatic heterocycles. The lowest BCUT2D eigenvalue weighted by molar-refractivity contribution is 0.305. The third-order valence-electron chi connectivity index (χ3n) is 2.94. The highest BCUT2D eigenvalue weighted by Crippen LogP contribution is 2.21. The summed E-state index contributed by atoms with van der Waals surface area (Å²) in [6.07, 6.45) is 0.999. The van der Waals surface area contributed by atoms with Crippen LogP contribution in [-0.2, 0) is 10.0 Å². The predicted octanol–water partition coefficient (Wildman–Crippen LogP) is 1.34. The standard InChI is InChI=1S/C14H16FNO3S2/c15-12-4-5-14(11(9-12)3-1-2-7-17)21(18,19)16-13-6-8-20-10-13/h4-5,9,13,16-17H,2,6-8,10H2. The van der Waals surface area contributed by atoms with Crippen molar-refractivity contribution >= 4 is 21.8 Å². The molecule has 1 heterocycles. The van der Waals surface area contributed by atoms with Crippen LogP contribution in [0, 0.1) is 17.7 Å². The number of rotatable bonds is 4. The summed E-state index contributed by atoms with van der Waals surface area (Å²) in [5.74, 6) is 6.36. The molecule has 7 heteroatoms. The molecule has 1 atom stereocenters. The van der Waals surface area contributed by atoms with E-state index in [2.05, 4.69) is 16.6 Å². The van der Waals surface area contributed by atoms with Gasteiger partial charge in [-0.3, -0.25) is 0 Å². The smallest absolute Gasteiger partial charge is 0.242 e. The topological polar surface area (TPSA) is 66.4 Å². The summed E-state index contributed by atoms with van der Waals surface area (Å²) in [7, 11) is -3.72. The summed E-state index contributed by atoms with van der Waals surface area (Å²) in [5, 5.41) is 8.71. The number of hydrogen-bond acceptors (Lipinski definition) is 4. The molecule has 1 saturated heterocycles. The van der Waals surface area contributed by atoms with Crippen LogP contribution in [0.3, 0.4) is 0 Å². The summed E-state index contributed by atoms with van der Waals surface area (Å²) >= 11 is 1.70. The van der Waals surface area contributed by atoms with Crippen LogP contribution in [0.15, 0.2) is 23.1 Å². The normalized spacial score (nSPS) is 18.3. The zero-order valence-electron chi connectivity index (χ0n) is 11.3. The van der Waals surface area contributed by atoms with E-state index >= 15 is 0 Å². The number of sulfonamides is 1. The van der Waals surface area contributed by atoms with Gasteiger partial charge in [-0.05, 0) is 30.4 Å². The summed E-state index contributed by atoms with van der Waals surface area (Å²) in [4.78, 5) is -0.0220. The molecular weight excluding hydrogens is 313 g/mol. The van der Waals surface area contributed by atoms with E-state index in [0.717, 1.165) is 30.1 Å². The van der Waals surface area contributed by atoms with Gasteiger partial charge in [-0.1, -0.05) is 11.8 Å². The molecule has 1 aromatic carbocycles. The van der Waals surface area contributed by atoms with Crippen molar-refractivity contribution in [3.8, 4) is 11.8 Å². The molecule has 0 radical (unpaired) electrons. The fraction of sp³-hybridized carbons (Fsp3) is 0.429. The fourth-order valence-corrected chi connectivity index (χ4v) is 4.63. The number of aliphatic hydroxyl groups is 1. The molecule has 0 bridgehead atoms. The van der Waals surface area contributed by atoms with Crippen molar-refractivity contribution in [1.29, 1.82) is 0 Å². The van der Waals surface area contributed by atoms with Gasteiger partial charge in [0.1, 0.15) is 5.82 Å². The third-order valence-corrected chi connectivity index (χ3v) is 5.68. The molecule has 0 saturated carbocycles. The third kappa shape index (κ3) is 4.45. The summed E-state index contributed by atoms with van der Waals surface area (Å²) in [5.41, 5.74) is 0.113. The lowest BCUT2D eigenvalue weighted by atomic mass is 10.2. The van der Waals surface area contributed by atoms with Crippen molar-refractivity contribution in [1.82, 2.24) is 4.72 Å². The predicted molar refractivity (Wildman–Crippen MR) is 81.0 cm³/mol. The molecule has 1 fully saturated rings. The van der Waals surface area contributed by atoms with Crippen LogP contribution in [0.2, 0.25) is 0 Å². The number of thioether (sulfide) groups is 1. The van der Waals surface area contributed by atoms with Gasteiger partial charge < -0.3 is 5.11 Å². The van der Waals surface area contributed by atoms with E-state index in [1.165, 1.54) is 6.07 Å². The Hall–Kier alpha value is -1.07. The Morgan fingerprint density at radius 2 is 2.29 bits per heavy atom. The molecule has 0 aromatic heterocycles. The largest absolute Gasteiger partial charge is 0.395 e. The molecule has 1 aromatic rings. The highest BCUT2D eigenvalue weighted by atomic mass is 32.2. The molecule has 2 rings (SSSR count). The molecule has 4 nitrogen and oxygen atoms in total. The first-order valence-electron chi connectivity index (χ1n) is 6.52. The zero-order valence-corrected chi connectivity index (χ0v) is 12.9. The maximum absolute atomic E-state index is 13.3. The quantitative estimate of drug-likeness (QED) is 0.818.